The highest BCUT2D eigenvalue weighted by Crippen LogP contribution is 2.28. The number of ether oxygens (including phenoxy) is 1. The van der Waals surface area contributed by atoms with E-state index in [9.17, 15) is 9.18 Å². The Balaban J connectivity index is 2.24. The maximum absolute atomic E-state index is 13.3. The molecule has 1 aliphatic rings. The minimum absolute atomic E-state index is 0.0933. The Labute approximate surface area is 113 Å². The van der Waals surface area contributed by atoms with Gasteiger partial charge >= 0.3 is 0 Å². The first-order valence-corrected chi connectivity index (χ1v) is 6.64. The summed E-state index contributed by atoms with van der Waals surface area (Å²) in [5.41, 5.74) is 0.343. The van der Waals surface area contributed by atoms with Crippen LogP contribution in [0.2, 0.25) is 0 Å². The van der Waals surface area contributed by atoms with Gasteiger partial charge < -0.3 is 9.64 Å². The van der Waals surface area contributed by atoms with Crippen molar-refractivity contribution in [1.29, 1.82) is 0 Å². The molecule has 1 heterocycles. The molecule has 1 aromatic rings. The number of fused-ring (bicyclic) bond motifs is 1. The normalized spacial score (nSPS) is 15.5. The molecule has 4 heteroatoms. The average Bonchev–Trinajstić information content (AvgIpc) is 2.59. The van der Waals surface area contributed by atoms with Crippen LogP contribution in [0.1, 0.15) is 32.8 Å². The van der Waals surface area contributed by atoms with E-state index in [1.165, 1.54) is 12.1 Å². The summed E-state index contributed by atoms with van der Waals surface area (Å²) in [7, 11) is 0. The molecule has 1 aliphatic heterocycles. The Bertz CT molecular complexity index is 485. The molecule has 0 saturated heterocycles. The Morgan fingerprint density at radius 1 is 1.47 bits per heavy atom. The second kappa shape index (κ2) is 5.19. The standard InChI is InChI=1S/C15H20FNO2/c1-4-15(2,3)14(18)17-7-8-19-13-6-5-12(16)9-11(13)10-17/h5-6,9H,4,7-8,10H2,1-3H3. The van der Waals surface area contributed by atoms with Crippen LogP contribution in [-0.4, -0.2) is 24.0 Å². The third-order valence-corrected chi connectivity index (χ3v) is 3.75. The fourth-order valence-electron chi connectivity index (χ4n) is 2.12. The zero-order valence-corrected chi connectivity index (χ0v) is 11.7. The van der Waals surface area contributed by atoms with Crippen LogP contribution in [0, 0.1) is 11.2 Å². The van der Waals surface area contributed by atoms with Crippen LogP contribution in [-0.2, 0) is 11.3 Å². The van der Waals surface area contributed by atoms with E-state index in [0.29, 0.717) is 25.4 Å². The van der Waals surface area contributed by atoms with Crippen molar-refractivity contribution in [3.8, 4) is 5.75 Å². The smallest absolute Gasteiger partial charge is 0.228 e. The highest BCUT2D eigenvalue weighted by atomic mass is 19.1. The molecule has 19 heavy (non-hydrogen) atoms. The Morgan fingerprint density at radius 2 is 2.21 bits per heavy atom. The molecule has 0 aromatic heterocycles. The molecule has 1 aromatic carbocycles. The molecule has 0 fully saturated rings. The largest absolute Gasteiger partial charge is 0.491 e. The number of benzene rings is 1. The molecule has 0 radical (unpaired) electrons. The van der Waals surface area contributed by atoms with Crippen molar-refractivity contribution in [1.82, 2.24) is 4.90 Å². The molecule has 0 bridgehead atoms. The number of carbonyl (C=O) groups excluding carboxylic acids is 1. The minimum atomic E-state index is -0.391. The minimum Gasteiger partial charge on any atom is -0.491 e. The van der Waals surface area contributed by atoms with E-state index in [0.717, 1.165) is 12.0 Å². The maximum Gasteiger partial charge on any atom is 0.228 e. The maximum atomic E-state index is 13.3. The number of amides is 1. The molecule has 0 N–H and O–H groups in total. The molecule has 0 unspecified atom stereocenters. The summed E-state index contributed by atoms with van der Waals surface area (Å²) in [6.45, 7) is 7.28. The van der Waals surface area contributed by atoms with Crippen LogP contribution in [0.5, 0.6) is 5.75 Å². The van der Waals surface area contributed by atoms with Crippen LogP contribution >= 0.6 is 0 Å². The lowest BCUT2D eigenvalue weighted by atomic mass is 9.88. The summed E-state index contributed by atoms with van der Waals surface area (Å²) in [6.07, 6.45) is 0.777. The molecular formula is C15H20FNO2. The summed E-state index contributed by atoms with van der Waals surface area (Å²) in [4.78, 5) is 14.2. The van der Waals surface area contributed by atoms with Crippen molar-refractivity contribution in [2.24, 2.45) is 5.41 Å². The molecule has 0 spiro atoms. The lowest BCUT2D eigenvalue weighted by Gasteiger charge is -2.30. The van der Waals surface area contributed by atoms with Gasteiger partial charge in [0, 0.05) is 17.5 Å². The first kappa shape index (κ1) is 13.8. The van der Waals surface area contributed by atoms with Gasteiger partial charge in [0.2, 0.25) is 5.91 Å². The summed E-state index contributed by atoms with van der Waals surface area (Å²) < 4.78 is 18.9. The molecule has 3 nitrogen and oxygen atoms in total. The third kappa shape index (κ3) is 2.88. The van der Waals surface area contributed by atoms with Crippen LogP contribution in [0.4, 0.5) is 4.39 Å². The third-order valence-electron chi connectivity index (χ3n) is 3.75. The Morgan fingerprint density at radius 3 is 2.89 bits per heavy atom. The van der Waals surface area contributed by atoms with Crippen molar-refractivity contribution >= 4 is 5.91 Å². The molecule has 2 rings (SSSR count). The van der Waals surface area contributed by atoms with Crippen molar-refractivity contribution in [2.75, 3.05) is 13.2 Å². The molecule has 0 atom stereocenters. The lowest BCUT2D eigenvalue weighted by molar-refractivity contribution is -0.141. The van der Waals surface area contributed by atoms with Gasteiger partial charge in [0.05, 0.1) is 6.54 Å². The Hall–Kier alpha value is -1.58. The van der Waals surface area contributed by atoms with E-state index in [1.807, 2.05) is 20.8 Å². The van der Waals surface area contributed by atoms with E-state index in [2.05, 4.69) is 0 Å². The molecule has 0 aliphatic carbocycles. The van der Waals surface area contributed by atoms with E-state index < -0.39 is 5.41 Å². The molecular weight excluding hydrogens is 245 g/mol. The van der Waals surface area contributed by atoms with Crippen molar-refractivity contribution < 1.29 is 13.9 Å². The predicted molar refractivity (Wildman–Crippen MR) is 71.4 cm³/mol. The lowest BCUT2D eigenvalue weighted by Crippen LogP contribution is -2.41. The van der Waals surface area contributed by atoms with Gasteiger partial charge in [-0.1, -0.05) is 20.8 Å². The first-order chi connectivity index (χ1) is 8.94. The van der Waals surface area contributed by atoms with Crippen molar-refractivity contribution in [3.05, 3.63) is 29.6 Å². The topological polar surface area (TPSA) is 29.5 Å². The fraction of sp³-hybridized carbons (Fsp3) is 0.533. The number of carbonyl (C=O) groups is 1. The predicted octanol–water partition coefficient (Wildman–Crippen LogP) is 2.98. The van der Waals surface area contributed by atoms with Gasteiger partial charge in [-0.05, 0) is 24.6 Å². The monoisotopic (exact) mass is 265 g/mol. The average molecular weight is 265 g/mol. The van der Waals surface area contributed by atoms with Crippen molar-refractivity contribution in [3.63, 3.8) is 0 Å². The number of hydrogen-bond acceptors (Lipinski definition) is 2. The van der Waals surface area contributed by atoms with E-state index in [-0.39, 0.29) is 11.7 Å². The molecule has 1 amide bonds. The first-order valence-electron chi connectivity index (χ1n) is 6.64. The molecule has 0 saturated carbocycles. The highest BCUT2D eigenvalue weighted by molar-refractivity contribution is 5.82. The number of hydrogen-bond donors (Lipinski definition) is 0. The van der Waals surface area contributed by atoms with Gasteiger partial charge in [-0.25, -0.2) is 4.39 Å². The van der Waals surface area contributed by atoms with Gasteiger partial charge in [-0.2, -0.15) is 0 Å². The van der Waals surface area contributed by atoms with Crippen LogP contribution in [0.15, 0.2) is 18.2 Å². The molecule has 104 valence electrons. The number of rotatable bonds is 2. The Kier molecular flexibility index (Phi) is 3.78. The van der Waals surface area contributed by atoms with Crippen LogP contribution in [0.3, 0.4) is 0 Å². The highest BCUT2D eigenvalue weighted by Gasteiger charge is 2.31. The SMILES string of the molecule is CCC(C)(C)C(=O)N1CCOc2ccc(F)cc2C1. The fourth-order valence-corrected chi connectivity index (χ4v) is 2.12. The quantitative estimate of drug-likeness (QED) is 0.822. The zero-order valence-electron chi connectivity index (χ0n) is 11.7. The summed E-state index contributed by atoms with van der Waals surface area (Å²) >= 11 is 0. The summed E-state index contributed by atoms with van der Waals surface area (Å²) in [6, 6.07) is 4.45. The number of nitrogens with zero attached hydrogens (tertiary/aromatic N) is 1. The summed E-state index contributed by atoms with van der Waals surface area (Å²) in [5.74, 6) is 0.466. The zero-order chi connectivity index (χ0) is 14.0. The van der Waals surface area contributed by atoms with Gasteiger partial charge in [-0.15, -0.1) is 0 Å². The van der Waals surface area contributed by atoms with E-state index >= 15 is 0 Å². The van der Waals surface area contributed by atoms with Gasteiger partial charge in [0.25, 0.3) is 0 Å². The van der Waals surface area contributed by atoms with Crippen LogP contribution in [0.25, 0.3) is 0 Å². The second-order valence-electron chi connectivity index (χ2n) is 5.56. The van der Waals surface area contributed by atoms with Crippen molar-refractivity contribution in [2.45, 2.75) is 33.7 Å². The van der Waals surface area contributed by atoms with E-state index in [1.54, 1.807) is 11.0 Å². The van der Waals surface area contributed by atoms with Crippen LogP contribution < -0.4 is 4.74 Å². The summed E-state index contributed by atoms with van der Waals surface area (Å²) in [5, 5.41) is 0. The van der Waals surface area contributed by atoms with Gasteiger partial charge in [-0.3, -0.25) is 4.79 Å². The van der Waals surface area contributed by atoms with Gasteiger partial charge in [0.1, 0.15) is 18.2 Å². The van der Waals surface area contributed by atoms with E-state index in [4.69, 9.17) is 4.74 Å². The second-order valence-corrected chi connectivity index (χ2v) is 5.56. The van der Waals surface area contributed by atoms with Gasteiger partial charge in [0.15, 0.2) is 0 Å². The number of halogens is 1.